The van der Waals surface area contributed by atoms with Crippen LogP contribution in [0.3, 0.4) is 0 Å². The van der Waals surface area contributed by atoms with Gasteiger partial charge in [0.1, 0.15) is 10.8 Å². The lowest BCUT2D eigenvalue weighted by molar-refractivity contribution is 0.629. The first-order chi connectivity index (χ1) is 8.04. The molecule has 0 radical (unpaired) electrons. The van der Waals surface area contributed by atoms with Crippen molar-refractivity contribution in [3.05, 3.63) is 29.6 Å². The van der Waals surface area contributed by atoms with Crippen LogP contribution in [0.4, 0.5) is 10.1 Å². The predicted molar refractivity (Wildman–Crippen MR) is 78.4 cm³/mol. The van der Waals surface area contributed by atoms with Crippen molar-refractivity contribution in [2.45, 2.75) is 18.6 Å². The van der Waals surface area contributed by atoms with Crippen molar-refractivity contribution in [1.82, 2.24) is 0 Å². The molecule has 1 aromatic rings. The van der Waals surface area contributed by atoms with E-state index < -0.39 is 0 Å². The molecule has 17 heavy (non-hydrogen) atoms. The van der Waals surface area contributed by atoms with Crippen LogP contribution < -0.4 is 11.1 Å². The molecule has 2 nitrogen and oxygen atoms in total. The monoisotopic (exact) mass is 272 g/mol. The Morgan fingerprint density at radius 1 is 1.59 bits per heavy atom. The number of thiocarbonyl (C=S) groups is 1. The second-order valence-corrected chi connectivity index (χ2v) is 5.54. The maximum absolute atomic E-state index is 13.6. The average Bonchev–Trinajstić information content (AvgIpc) is 2.30. The molecule has 3 N–H and O–H groups in total. The zero-order valence-corrected chi connectivity index (χ0v) is 11.6. The van der Waals surface area contributed by atoms with Gasteiger partial charge in [-0.05, 0) is 30.9 Å². The van der Waals surface area contributed by atoms with Gasteiger partial charge in [0.05, 0.1) is 5.69 Å². The molecule has 5 heteroatoms. The van der Waals surface area contributed by atoms with Crippen molar-refractivity contribution in [2.24, 2.45) is 5.73 Å². The Morgan fingerprint density at radius 3 is 2.82 bits per heavy atom. The standard InChI is InChI=1S/C12H17FN2S2/c1-8(17-2)5-6-15-11-4-3-9(12(14)16)7-10(11)13/h3-4,7-8,15H,5-6H2,1-2H3,(H2,14,16). The molecule has 0 aromatic heterocycles. The molecule has 0 amide bonds. The molecule has 0 spiro atoms. The summed E-state index contributed by atoms with van der Waals surface area (Å²) in [5.41, 5.74) is 6.49. The third-order valence-electron chi connectivity index (χ3n) is 2.52. The lowest BCUT2D eigenvalue weighted by Crippen LogP contribution is -2.12. The summed E-state index contributed by atoms with van der Waals surface area (Å²) in [5.74, 6) is -0.313. The van der Waals surface area contributed by atoms with Crippen LogP contribution in [0.5, 0.6) is 0 Å². The van der Waals surface area contributed by atoms with Gasteiger partial charge in [0.15, 0.2) is 0 Å². The van der Waals surface area contributed by atoms with Crippen molar-refractivity contribution in [3.8, 4) is 0 Å². The van der Waals surface area contributed by atoms with Gasteiger partial charge >= 0.3 is 0 Å². The van der Waals surface area contributed by atoms with Crippen LogP contribution in [0.15, 0.2) is 18.2 Å². The third-order valence-corrected chi connectivity index (χ3v) is 3.80. The number of rotatable bonds is 6. The van der Waals surface area contributed by atoms with Crippen molar-refractivity contribution in [1.29, 1.82) is 0 Å². The number of anilines is 1. The second-order valence-electron chi connectivity index (χ2n) is 3.82. The fourth-order valence-corrected chi connectivity index (χ4v) is 1.82. The number of hydrogen-bond acceptors (Lipinski definition) is 3. The fraction of sp³-hybridized carbons (Fsp3) is 0.417. The van der Waals surface area contributed by atoms with E-state index in [2.05, 4.69) is 18.5 Å². The van der Waals surface area contributed by atoms with Crippen LogP contribution in [0.25, 0.3) is 0 Å². The number of benzene rings is 1. The summed E-state index contributed by atoms with van der Waals surface area (Å²) in [6, 6.07) is 4.77. The highest BCUT2D eigenvalue weighted by atomic mass is 32.2. The van der Waals surface area contributed by atoms with Gasteiger partial charge in [0.25, 0.3) is 0 Å². The van der Waals surface area contributed by atoms with Crippen LogP contribution in [-0.2, 0) is 0 Å². The largest absolute Gasteiger partial charge is 0.389 e. The maximum atomic E-state index is 13.6. The van der Waals surface area contributed by atoms with Gasteiger partial charge in [0, 0.05) is 17.4 Å². The molecular weight excluding hydrogens is 255 g/mol. The zero-order chi connectivity index (χ0) is 12.8. The first-order valence-corrected chi connectivity index (χ1v) is 7.10. The fourth-order valence-electron chi connectivity index (χ4n) is 1.34. The van der Waals surface area contributed by atoms with Crippen molar-refractivity contribution in [3.63, 3.8) is 0 Å². The molecule has 1 aromatic carbocycles. The molecule has 94 valence electrons. The van der Waals surface area contributed by atoms with E-state index in [0.29, 0.717) is 16.5 Å². The van der Waals surface area contributed by atoms with Gasteiger partial charge in [-0.25, -0.2) is 4.39 Å². The molecule has 0 fully saturated rings. The Bertz CT molecular complexity index is 396. The van der Waals surface area contributed by atoms with Gasteiger partial charge in [-0.15, -0.1) is 0 Å². The average molecular weight is 272 g/mol. The van der Waals surface area contributed by atoms with E-state index in [9.17, 15) is 4.39 Å². The van der Waals surface area contributed by atoms with Crippen LogP contribution in [0.1, 0.15) is 18.9 Å². The molecular formula is C12H17FN2S2. The first-order valence-electron chi connectivity index (χ1n) is 5.40. The minimum Gasteiger partial charge on any atom is -0.389 e. The van der Waals surface area contributed by atoms with Crippen molar-refractivity contribution < 1.29 is 4.39 Å². The van der Waals surface area contributed by atoms with Crippen LogP contribution in [-0.4, -0.2) is 23.0 Å². The number of halogens is 1. The Labute approximate surface area is 111 Å². The first kappa shape index (κ1) is 14.3. The molecule has 1 unspecified atom stereocenters. The minimum absolute atomic E-state index is 0.214. The molecule has 0 saturated heterocycles. The van der Waals surface area contributed by atoms with E-state index in [4.69, 9.17) is 18.0 Å². The van der Waals surface area contributed by atoms with Crippen LogP contribution in [0, 0.1) is 5.82 Å². The SMILES string of the molecule is CSC(C)CCNc1ccc(C(N)=S)cc1F. The van der Waals surface area contributed by atoms with Gasteiger partial charge < -0.3 is 11.1 Å². The molecule has 0 saturated carbocycles. The van der Waals surface area contributed by atoms with Crippen molar-refractivity contribution >= 4 is 34.7 Å². The summed E-state index contributed by atoms with van der Waals surface area (Å²) in [6.45, 7) is 2.91. The van der Waals surface area contributed by atoms with E-state index in [1.807, 2.05) is 0 Å². The quantitative estimate of drug-likeness (QED) is 0.781. The van der Waals surface area contributed by atoms with Crippen LogP contribution in [0.2, 0.25) is 0 Å². The summed E-state index contributed by atoms with van der Waals surface area (Å²) >= 11 is 6.59. The second kappa shape index (κ2) is 6.81. The van der Waals surface area contributed by atoms with Gasteiger partial charge in [-0.2, -0.15) is 11.8 Å². The highest BCUT2D eigenvalue weighted by Gasteiger charge is 2.05. The molecule has 0 heterocycles. The summed E-state index contributed by atoms with van der Waals surface area (Å²) in [6.07, 6.45) is 3.07. The highest BCUT2D eigenvalue weighted by Crippen LogP contribution is 2.17. The van der Waals surface area contributed by atoms with Gasteiger partial charge in [-0.1, -0.05) is 19.1 Å². The number of nitrogens with one attached hydrogen (secondary N) is 1. The number of nitrogens with two attached hydrogens (primary N) is 1. The van der Waals surface area contributed by atoms with E-state index in [-0.39, 0.29) is 10.8 Å². The van der Waals surface area contributed by atoms with E-state index in [1.165, 1.54) is 6.07 Å². The van der Waals surface area contributed by atoms with Gasteiger partial charge in [-0.3, -0.25) is 0 Å². The Kier molecular flexibility index (Phi) is 5.71. The lowest BCUT2D eigenvalue weighted by Gasteiger charge is -2.11. The predicted octanol–water partition coefficient (Wildman–Crippen LogP) is 3.01. The highest BCUT2D eigenvalue weighted by molar-refractivity contribution is 7.99. The summed E-state index contributed by atoms with van der Waals surface area (Å²) in [4.78, 5) is 0.214. The smallest absolute Gasteiger partial charge is 0.146 e. The Hall–Kier alpha value is -0.810. The number of hydrogen-bond donors (Lipinski definition) is 2. The molecule has 0 aliphatic rings. The molecule has 1 rings (SSSR count). The Morgan fingerprint density at radius 2 is 2.29 bits per heavy atom. The zero-order valence-electron chi connectivity index (χ0n) is 10.00. The lowest BCUT2D eigenvalue weighted by atomic mass is 10.2. The van der Waals surface area contributed by atoms with Crippen LogP contribution >= 0.6 is 24.0 Å². The number of thioether (sulfide) groups is 1. The molecule has 1 atom stereocenters. The summed E-state index contributed by atoms with van der Waals surface area (Å²) in [5, 5.41) is 3.64. The minimum atomic E-state index is -0.313. The normalized spacial score (nSPS) is 12.2. The maximum Gasteiger partial charge on any atom is 0.146 e. The summed E-state index contributed by atoms with van der Waals surface area (Å²) < 4.78 is 13.6. The van der Waals surface area contributed by atoms with Crippen molar-refractivity contribution in [2.75, 3.05) is 18.1 Å². The van der Waals surface area contributed by atoms with E-state index in [0.717, 1.165) is 13.0 Å². The molecule has 0 aliphatic heterocycles. The molecule has 0 bridgehead atoms. The van der Waals surface area contributed by atoms with Gasteiger partial charge in [0.2, 0.25) is 0 Å². The third kappa shape index (κ3) is 4.52. The Balaban J connectivity index is 2.57. The van der Waals surface area contributed by atoms with E-state index >= 15 is 0 Å². The summed E-state index contributed by atoms with van der Waals surface area (Å²) in [7, 11) is 0. The topological polar surface area (TPSA) is 38.0 Å². The van der Waals surface area contributed by atoms with E-state index in [1.54, 1.807) is 23.9 Å². The molecule has 0 aliphatic carbocycles.